The molecule has 0 bridgehead atoms. The lowest BCUT2D eigenvalue weighted by Gasteiger charge is -2.12. The van der Waals surface area contributed by atoms with Crippen molar-refractivity contribution in [3.05, 3.63) is 99.1 Å². The molecule has 1 aromatic heterocycles. The van der Waals surface area contributed by atoms with E-state index in [9.17, 15) is 18.0 Å². The van der Waals surface area contributed by atoms with Crippen molar-refractivity contribution in [1.29, 1.82) is 0 Å². The highest BCUT2D eigenvalue weighted by atomic mass is 32.2. The second kappa shape index (κ2) is 9.11. The zero-order valence-corrected chi connectivity index (χ0v) is 19.7. The maximum absolute atomic E-state index is 13.0. The number of carbonyl (C=O) groups excluding carboxylic acids is 1. The van der Waals surface area contributed by atoms with Gasteiger partial charge in [0.05, 0.1) is 21.4 Å². The highest BCUT2D eigenvalue weighted by molar-refractivity contribution is 7.92. The van der Waals surface area contributed by atoms with E-state index >= 15 is 0 Å². The molecule has 0 fully saturated rings. The number of hydrogen-bond donors (Lipinski definition) is 2. The van der Waals surface area contributed by atoms with Gasteiger partial charge in [0.1, 0.15) is 12.4 Å². The minimum absolute atomic E-state index is 0.0312. The highest BCUT2D eigenvalue weighted by Crippen LogP contribution is 2.22. The van der Waals surface area contributed by atoms with E-state index in [4.69, 9.17) is 4.74 Å². The van der Waals surface area contributed by atoms with E-state index in [1.807, 2.05) is 26.0 Å². The van der Waals surface area contributed by atoms with E-state index in [1.54, 1.807) is 43.3 Å². The van der Waals surface area contributed by atoms with Crippen molar-refractivity contribution >= 4 is 32.6 Å². The van der Waals surface area contributed by atoms with Gasteiger partial charge in [-0.05, 0) is 67.8 Å². The van der Waals surface area contributed by atoms with Crippen LogP contribution in [0.1, 0.15) is 32.9 Å². The predicted molar refractivity (Wildman–Crippen MR) is 129 cm³/mol. The molecule has 0 aliphatic carbocycles. The lowest BCUT2D eigenvalue weighted by atomic mass is 10.1. The number of H-pyrrole nitrogens is 1. The quantitative estimate of drug-likeness (QED) is 0.405. The van der Waals surface area contributed by atoms with Crippen LogP contribution < -0.4 is 10.3 Å². The first-order chi connectivity index (χ1) is 16.1. The number of esters is 1. The molecule has 34 heavy (non-hydrogen) atoms. The summed E-state index contributed by atoms with van der Waals surface area (Å²) in [4.78, 5) is 32.0. The minimum Gasteiger partial charge on any atom is -0.454 e. The number of nitrogens with zero attached hydrogens (tertiary/aromatic N) is 1. The number of aryl methyl sites for hydroxylation is 3. The van der Waals surface area contributed by atoms with Gasteiger partial charge in [-0.1, -0.05) is 30.3 Å². The van der Waals surface area contributed by atoms with E-state index in [1.165, 1.54) is 12.1 Å². The van der Waals surface area contributed by atoms with Gasteiger partial charge in [-0.15, -0.1) is 0 Å². The summed E-state index contributed by atoms with van der Waals surface area (Å²) in [5.41, 5.74) is 2.90. The fourth-order valence-corrected chi connectivity index (χ4v) is 4.89. The van der Waals surface area contributed by atoms with Crippen LogP contribution in [-0.2, 0) is 21.4 Å². The van der Waals surface area contributed by atoms with Crippen molar-refractivity contribution in [2.45, 2.75) is 32.3 Å². The molecular formula is C25H23N3O5S. The first-order valence-corrected chi connectivity index (χ1v) is 12.0. The largest absolute Gasteiger partial charge is 0.454 e. The molecule has 174 valence electrons. The summed E-state index contributed by atoms with van der Waals surface area (Å²) in [6.45, 7) is 5.07. The Morgan fingerprint density at radius 2 is 1.76 bits per heavy atom. The monoisotopic (exact) mass is 477 g/mol. The number of benzene rings is 3. The topological polar surface area (TPSA) is 118 Å². The van der Waals surface area contributed by atoms with Gasteiger partial charge in [-0.25, -0.2) is 18.2 Å². The Balaban J connectivity index is 1.56. The Kier molecular flexibility index (Phi) is 6.21. The van der Waals surface area contributed by atoms with Gasteiger partial charge < -0.3 is 9.72 Å². The van der Waals surface area contributed by atoms with Crippen molar-refractivity contribution in [2.75, 3.05) is 4.72 Å². The van der Waals surface area contributed by atoms with Gasteiger partial charge >= 0.3 is 5.97 Å². The Hall–Kier alpha value is -3.98. The third-order valence-corrected chi connectivity index (χ3v) is 6.83. The second-order valence-corrected chi connectivity index (χ2v) is 9.67. The number of aromatic amines is 1. The number of anilines is 1. The summed E-state index contributed by atoms with van der Waals surface area (Å²) >= 11 is 0. The van der Waals surface area contributed by atoms with Crippen molar-refractivity contribution < 1.29 is 17.9 Å². The SMILES string of the molecule is Cc1cccc(NS(=O)(=O)c2cc(C(=O)OCc3nc4c(C)cccc4c(=O)[nH]3)ccc2C)c1. The summed E-state index contributed by atoms with van der Waals surface area (Å²) in [5.74, 6) is -0.541. The molecular weight excluding hydrogens is 454 g/mol. The van der Waals surface area contributed by atoms with Crippen LogP contribution in [0.3, 0.4) is 0 Å². The normalized spacial score (nSPS) is 11.4. The maximum atomic E-state index is 13.0. The highest BCUT2D eigenvalue weighted by Gasteiger charge is 2.20. The standard InChI is InChI=1S/C25H23N3O5S/c1-15-6-4-8-19(12-15)28-34(31,32)21-13-18(11-10-16(21)2)25(30)33-14-22-26-23-17(3)7-5-9-20(23)24(29)27-22/h4-13,28H,14H2,1-3H3,(H,26,27,29). The Bertz CT molecular complexity index is 1580. The van der Waals surface area contributed by atoms with E-state index in [0.29, 0.717) is 22.2 Å². The number of hydrogen-bond acceptors (Lipinski definition) is 6. The summed E-state index contributed by atoms with van der Waals surface area (Å²) in [5, 5.41) is 0.449. The van der Waals surface area contributed by atoms with Gasteiger partial charge in [0.15, 0.2) is 0 Å². The molecule has 9 heteroatoms. The number of aromatic nitrogens is 2. The number of carbonyl (C=O) groups is 1. The lowest BCUT2D eigenvalue weighted by Crippen LogP contribution is -2.17. The molecule has 0 amide bonds. The summed E-state index contributed by atoms with van der Waals surface area (Å²) in [7, 11) is -3.94. The predicted octanol–water partition coefficient (Wildman–Crippen LogP) is 4.01. The van der Waals surface area contributed by atoms with Crippen LogP contribution in [0.25, 0.3) is 10.9 Å². The molecule has 0 aliphatic rings. The maximum Gasteiger partial charge on any atom is 0.338 e. The molecule has 8 nitrogen and oxygen atoms in total. The fraction of sp³-hybridized carbons (Fsp3) is 0.160. The summed E-state index contributed by atoms with van der Waals surface area (Å²) in [6.07, 6.45) is 0. The molecule has 0 atom stereocenters. The van der Waals surface area contributed by atoms with Crippen LogP contribution >= 0.6 is 0 Å². The molecule has 2 N–H and O–H groups in total. The van der Waals surface area contributed by atoms with Crippen LogP contribution in [-0.4, -0.2) is 24.4 Å². The molecule has 0 unspecified atom stereocenters. The Morgan fingerprint density at radius 3 is 2.53 bits per heavy atom. The molecule has 1 heterocycles. The molecule has 0 radical (unpaired) electrons. The number of fused-ring (bicyclic) bond motifs is 1. The van der Waals surface area contributed by atoms with Crippen LogP contribution in [0.5, 0.6) is 0 Å². The van der Waals surface area contributed by atoms with E-state index in [2.05, 4.69) is 14.7 Å². The first-order valence-electron chi connectivity index (χ1n) is 10.5. The van der Waals surface area contributed by atoms with Gasteiger partial charge in [-0.2, -0.15) is 0 Å². The summed E-state index contributed by atoms with van der Waals surface area (Å²) in [6, 6.07) is 16.6. The molecule has 4 aromatic rings. The summed E-state index contributed by atoms with van der Waals surface area (Å²) < 4.78 is 33.8. The van der Waals surface area contributed by atoms with Crippen molar-refractivity contribution in [2.24, 2.45) is 0 Å². The molecule has 4 rings (SSSR count). The number of para-hydroxylation sites is 1. The Morgan fingerprint density at radius 1 is 1.00 bits per heavy atom. The zero-order valence-electron chi connectivity index (χ0n) is 18.9. The van der Waals surface area contributed by atoms with Crippen molar-refractivity contribution in [3.63, 3.8) is 0 Å². The molecule has 0 saturated heterocycles. The molecule has 0 spiro atoms. The lowest BCUT2D eigenvalue weighted by molar-refractivity contribution is 0.0462. The number of rotatable bonds is 6. The minimum atomic E-state index is -3.94. The molecule has 0 saturated carbocycles. The smallest absolute Gasteiger partial charge is 0.338 e. The zero-order chi connectivity index (χ0) is 24.5. The molecule has 3 aromatic carbocycles. The number of nitrogens with one attached hydrogen (secondary N) is 2. The van der Waals surface area contributed by atoms with Gasteiger partial charge in [0.25, 0.3) is 15.6 Å². The number of ether oxygens (including phenoxy) is 1. The second-order valence-electron chi connectivity index (χ2n) is 8.02. The van der Waals surface area contributed by atoms with Crippen LogP contribution in [0.4, 0.5) is 5.69 Å². The van der Waals surface area contributed by atoms with Crippen molar-refractivity contribution in [1.82, 2.24) is 9.97 Å². The third-order valence-electron chi connectivity index (χ3n) is 5.31. The average Bonchev–Trinajstić information content (AvgIpc) is 2.78. The fourth-order valence-electron chi connectivity index (χ4n) is 3.57. The van der Waals surface area contributed by atoms with Crippen LogP contribution in [0.2, 0.25) is 0 Å². The van der Waals surface area contributed by atoms with E-state index in [-0.39, 0.29) is 28.4 Å². The van der Waals surface area contributed by atoms with Crippen molar-refractivity contribution in [3.8, 4) is 0 Å². The van der Waals surface area contributed by atoms with Crippen LogP contribution in [0, 0.1) is 20.8 Å². The number of sulfonamides is 1. The van der Waals surface area contributed by atoms with Crippen LogP contribution in [0.15, 0.2) is 70.4 Å². The Labute approximate surface area is 196 Å². The van der Waals surface area contributed by atoms with Gasteiger partial charge in [0.2, 0.25) is 0 Å². The first kappa shape index (κ1) is 23.2. The third kappa shape index (κ3) is 4.84. The van der Waals surface area contributed by atoms with E-state index in [0.717, 1.165) is 11.1 Å². The molecule has 0 aliphatic heterocycles. The average molecular weight is 478 g/mol. The van der Waals surface area contributed by atoms with E-state index < -0.39 is 16.0 Å². The van der Waals surface area contributed by atoms with Gasteiger partial charge in [0, 0.05) is 5.69 Å². The van der Waals surface area contributed by atoms with Gasteiger partial charge in [-0.3, -0.25) is 9.52 Å².